The Balaban J connectivity index is 1.82. The smallest absolute Gasteiger partial charge is 0.336 e. The van der Waals surface area contributed by atoms with Crippen molar-refractivity contribution in [1.29, 1.82) is 0 Å². The van der Waals surface area contributed by atoms with Crippen molar-refractivity contribution in [2.45, 2.75) is 45.8 Å². The van der Waals surface area contributed by atoms with Gasteiger partial charge in [-0.2, -0.15) is 0 Å². The van der Waals surface area contributed by atoms with Crippen LogP contribution in [-0.2, 0) is 29.3 Å². The van der Waals surface area contributed by atoms with Crippen LogP contribution in [0.15, 0.2) is 51.7 Å². The summed E-state index contributed by atoms with van der Waals surface area (Å²) in [6.07, 6.45) is 1.17. The maximum atomic E-state index is 12.2. The van der Waals surface area contributed by atoms with E-state index >= 15 is 0 Å². The van der Waals surface area contributed by atoms with Gasteiger partial charge in [-0.25, -0.2) is 13.2 Å². The van der Waals surface area contributed by atoms with Crippen LogP contribution in [-0.4, -0.2) is 36.0 Å². The molecule has 164 valence electrons. The summed E-state index contributed by atoms with van der Waals surface area (Å²) < 4.78 is 29.9. The van der Waals surface area contributed by atoms with Gasteiger partial charge in [0.15, 0.2) is 9.84 Å². The Morgan fingerprint density at radius 2 is 1.90 bits per heavy atom. The quantitative estimate of drug-likeness (QED) is 0.589. The lowest BCUT2D eigenvalue weighted by Gasteiger charge is -2.29. The van der Waals surface area contributed by atoms with Gasteiger partial charge in [0.05, 0.1) is 17.1 Å². The number of nitrogens with zero attached hydrogens (tertiary/aromatic N) is 1. The maximum Gasteiger partial charge on any atom is 0.336 e. The molecule has 4 rings (SSSR count). The highest BCUT2D eigenvalue weighted by Crippen LogP contribution is 2.35. The minimum absolute atomic E-state index is 0.0922. The van der Waals surface area contributed by atoms with E-state index in [9.17, 15) is 18.3 Å². The summed E-state index contributed by atoms with van der Waals surface area (Å²) in [6, 6.07) is 13.0. The zero-order valence-corrected chi connectivity index (χ0v) is 18.6. The molecule has 6 nitrogen and oxygen atoms in total. The summed E-state index contributed by atoms with van der Waals surface area (Å²) >= 11 is 0. The van der Waals surface area contributed by atoms with Crippen LogP contribution in [0.4, 0.5) is 0 Å². The summed E-state index contributed by atoms with van der Waals surface area (Å²) in [4.78, 5) is 14.2. The molecule has 0 saturated carbocycles. The van der Waals surface area contributed by atoms with Gasteiger partial charge in [-0.15, -0.1) is 0 Å². The largest absolute Gasteiger partial charge is 0.507 e. The number of hydrogen-bond acceptors (Lipinski definition) is 6. The molecule has 1 N–H and O–H groups in total. The molecule has 0 aliphatic carbocycles. The van der Waals surface area contributed by atoms with Crippen molar-refractivity contribution in [3.8, 4) is 5.75 Å². The van der Waals surface area contributed by atoms with E-state index in [4.69, 9.17) is 4.42 Å². The van der Waals surface area contributed by atoms with E-state index in [-0.39, 0.29) is 29.8 Å². The number of phenolic OH excluding ortho intramolecular Hbond substituents is 1. The van der Waals surface area contributed by atoms with Crippen molar-refractivity contribution in [2.75, 3.05) is 11.5 Å². The van der Waals surface area contributed by atoms with Crippen LogP contribution in [0.25, 0.3) is 11.0 Å². The highest BCUT2D eigenvalue weighted by molar-refractivity contribution is 7.91. The first-order valence-electron chi connectivity index (χ1n) is 10.5. The number of aromatic hydroxyl groups is 1. The van der Waals surface area contributed by atoms with Gasteiger partial charge in [-0.05, 0) is 42.5 Å². The van der Waals surface area contributed by atoms with Crippen LogP contribution in [0, 0.1) is 6.92 Å². The van der Waals surface area contributed by atoms with E-state index in [1.54, 1.807) is 0 Å². The van der Waals surface area contributed by atoms with Crippen LogP contribution < -0.4 is 5.63 Å². The zero-order chi connectivity index (χ0) is 22.2. The Morgan fingerprint density at radius 3 is 2.55 bits per heavy atom. The van der Waals surface area contributed by atoms with Crippen molar-refractivity contribution >= 4 is 20.8 Å². The summed E-state index contributed by atoms with van der Waals surface area (Å²) in [5.41, 5.74) is 3.07. The highest BCUT2D eigenvalue weighted by Gasteiger charge is 2.33. The molecule has 1 saturated heterocycles. The number of aryl methyl sites for hydroxylation is 2. The van der Waals surface area contributed by atoms with E-state index in [1.807, 2.05) is 50.2 Å². The fourth-order valence-electron chi connectivity index (χ4n) is 4.38. The molecule has 0 bridgehead atoms. The predicted molar refractivity (Wildman–Crippen MR) is 121 cm³/mol. The zero-order valence-electron chi connectivity index (χ0n) is 17.8. The first-order valence-corrected chi connectivity index (χ1v) is 12.4. The van der Waals surface area contributed by atoms with Crippen molar-refractivity contribution in [2.24, 2.45) is 0 Å². The average molecular weight is 442 g/mol. The van der Waals surface area contributed by atoms with Gasteiger partial charge in [0.2, 0.25) is 0 Å². The third-order valence-electron chi connectivity index (χ3n) is 6.08. The number of phenols is 1. The number of fused-ring (bicyclic) bond motifs is 1. The van der Waals surface area contributed by atoms with E-state index in [0.717, 1.165) is 22.1 Å². The predicted octanol–water partition coefficient (Wildman–Crippen LogP) is 3.56. The van der Waals surface area contributed by atoms with E-state index in [0.29, 0.717) is 30.5 Å². The fourth-order valence-corrected chi connectivity index (χ4v) is 6.14. The van der Waals surface area contributed by atoms with Crippen molar-refractivity contribution in [3.05, 3.63) is 75.1 Å². The molecule has 31 heavy (non-hydrogen) atoms. The Bertz CT molecular complexity index is 1260. The molecule has 0 radical (unpaired) electrons. The van der Waals surface area contributed by atoms with Gasteiger partial charge in [0.1, 0.15) is 11.3 Å². The molecule has 0 amide bonds. The number of hydrogen-bond donors (Lipinski definition) is 1. The second-order valence-electron chi connectivity index (χ2n) is 8.29. The lowest BCUT2D eigenvalue weighted by molar-refractivity contribution is 0.192. The maximum absolute atomic E-state index is 12.2. The van der Waals surface area contributed by atoms with Crippen molar-refractivity contribution < 1.29 is 17.9 Å². The molecule has 3 aromatic rings. The third-order valence-corrected chi connectivity index (χ3v) is 7.83. The molecule has 2 heterocycles. The second kappa shape index (κ2) is 8.48. The summed E-state index contributed by atoms with van der Waals surface area (Å²) in [7, 11) is -3.08. The molecule has 1 aliphatic rings. The molecular weight excluding hydrogens is 414 g/mol. The van der Waals surface area contributed by atoms with E-state index in [2.05, 4.69) is 4.90 Å². The van der Waals surface area contributed by atoms with Gasteiger partial charge in [0.25, 0.3) is 0 Å². The van der Waals surface area contributed by atoms with E-state index < -0.39 is 15.5 Å². The molecule has 1 atom stereocenters. The Morgan fingerprint density at radius 1 is 1.16 bits per heavy atom. The Hall–Kier alpha value is -2.64. The first kappa shape index (κ1) is 21.6. The molecule has 1 aromatic heterocycles. The number of benzene rings is 2. The lowest BCUT2D eigenvalue weighted by atomic mass is 9.99. The average Bonchev–Trinajstić information content (AvgIpc) is 3.09. The van der Waals surface area contributed by atoms with Crippen molar-refractivity contribution in [1.82, 2.24) is 4.90 Å². The Kier molecular flexibility index (Phi) is 5.90. The minimum atomic E-state index is -3.08. The second-order valence-corrected chi connectivity index (χ2v) is 10.5. The van der Waals surface area contributed by atoms with Crippen LogP contribution >= 0.6 is 0 Å². The van der Waals surface area contributed by atoms with Crippen LogP contribution in [0.3, 0.4) is 0 Å². The van der Waals surface area contributed by atoms with E-state index in [1.165, 1.54) is 6.07 Å². The van der Waals surface area contributed by atoms with Crippen LogP contribution in [0.2, 0.25) is 0 Å². The molecular formula is C24H27NO5S. The molecule has 7 heteroatoms. The van der Waals surface area contributed by atoms with Gasteiger partial charge >= 0.3 is 5.63 Å². The normalized spacial score (nSPS) is 18.1. The molecule has 0 unspecified atom stereocenters. The Labute approximate surface area is 182 Å². The topological polar surface area (TPSA) is 87.8 Å². The molecule has 1 aliphatic heterocycles. The van der Waals surface area contributed by atoms with Gasteiger partial charge in [0, 0.05) is 30.6 Å². The standard InChI is InChI=1S/C24H27NO5S/c1-3-18-12-20-16(2)11-22(26)30-24(20)21(23(18)27)14-25(13-17-7-5-4-6-8-17)19-9-10-31(28,29)15-19/h4-8,11-12,19,27H,3,9-10,13-15H2,1-2H3/t19-/m1/s1. The molecule has 1 fully saturated rings. The lowest BCUT2D eigenvalue weighted by Crippen LogP contribution is -2.35. The fraction of sp³-hybridized carbons (Fsp3) is 0.375. The summed E-state index contributed by atoms with van der Waals surface area (Å²) in [5, 5.41) is 11.8. The summed E-state index contributed by atoms with van der Waals surface area (Å²) in [6.45, 7) is 4.64. The number of rotatable bonds is 6. The first-order chi connectivity index (χ1) is 14.8. The minimum Gasteiger partial charge on any atom is -0.507 e. The highest BCUT2D eigenvalue weighted by atomic mass is 32.2. The van der Waals surface area contributed by atoms with Crippen LogP contribution in [0.5, 0.6) is 5.75 Å². The molecule has 2 aromatic carbocycles. The third kappa shape index (κ3) is 4.52. The SMILES string of the molecule is CCc1cc2c(C)cc(=O)oc2c(CN(Cc2ccccc2)[C@@H]2CCS(=O)(=O)C2)c1O. The van der Waals surface area contributed by atoms with Gasteiger partial charge < -0.3 is 9.52 Å². The van der Waals surface area contributed by atoms with Crippen molar-refractivity contribution in [3.63, 3.8) is 0 Å². The molecule has 0 spiro atoms. The monoisotopic (exact) mass is 441 g/mol. The number of sulfone groups is 1. The summed E-state index contributed by atoms with van der Waals surface area (Å²) in [5.74, 6) is 0.371. The van der Waals surface area contributed by atoms with Gasteiger partial charge in [-0.1, -0.05) is 37.3 Å². The van der Waals surface area contributed by atoms with Gasteiger partial charge in [-0.3, -0.25) is 4.90 Å². The van der Waals surface area contributed by atoms with Crippen LogP contribution in [0.1, 0.15) is 35.6 Å².